The molecule has 2 heterocycles. The van der Waals surface area contributed by atoms with Gasteiger partial charge in [-0.3, -0.25) is 0 Å². The first-order valence-electron chi connectivity index (χ1n) is 5.35. The van der Waals surface area contributed by atoms with Gasteiger partial charge < -0.3 is 5.32 Å². The van der Waals surface area contributed by atoms with E-state index in [0.29, 0.717) is 6.04 Å². The molecular formula is C12H13BrINS2. The van der Waals surface area contributed by atoms with Gasteiger partial charge in [0.25, 0.3) is 0 Å². The zero-order valence-corrected chi connectivity index (χ0v) is 15.0. The third-order valence-corrected chi connectivity index (χ3v) is 6.50. The quantitative estimate of drug-likeness (QED) is 0.644. The summed E-state index contributed by atoms with van der Waals surface area (Å²) in [5, 5.41) is 5.81. The molecule has 2 aromatic rings. The standard InChI is InChI=1S/C12H13BrINS2/c1-3-15-12(8-4-11(14)16-6-8)10-5-9(13)7(2)17-10/h4-6,12,15H,3H2,1-2H3. The molecule has 2 aromatic heterocycles. The van der Waals surface area contributed by atoms with Crippen molar-refractivity contribution in [2.45, 2.75) is 19.9 Å². The van der Waals surface area contributed by atoms with E-state index in [-0.39, 0.29) is 0 Å². The summed E-state index contributed by atoms with van der Waals surface area (Å²) in [6.45, 7) is 5.28. The molecule has 92 valence electrons. The molecule has 0 aliphatic rings. The highest BCUT2D eigenvalue weighted by Gasteiger charge is 2.17. The molecule has 0 aromatic carbocycles. The van der Waals surface area contributed by atoms with Crippen LogP contribution in [-0.4, -0.2) is 6.54 Å². The Morgan fingerprint density at radius 3 is 2.71 bits per heavy atom. The minimum atomic E-state index is 0.328. The molecule has 0 bridgehead atoms. The van der Waals surface area contributed by atoms with E-state index < -0.39 is 0 Å². The summed E-state index contributed by atoms with van der Waals surface area (Å²) < 4.78 is 2.55. The van der Waals surface area contributed by atoms with E-state index in [2.05, 4.69) is 75.2 Å². The third-order valence-electron chi connectivity index (χ3n) is 2.49. The zero-order valence-electron chi connectivity index (χ0n) is 9.59. The van der Waals surface area contributed by atoms with Crippen LogP contribution in [0.15, 0.2) is 22.0 Å². The lowest BCUT2D eigenvalue weighted by Gasteiger charge is -2.14. The molecule has 0 radical (unpaired) electrons. The van der Waals surface area contributed by atoms with E-state index in [1.54, 1.807) is 11.3 Å². The second-order valence-corrected chi connectivity index (χ2v) is 8.68. The maximum absolute atomic E-state index is 3.60. The van der Waals surface area contributed by atoms with Gasteiger partial charge in [0.1, 0.15) is 0 Å². The van der Waals surface area contributed by atoms with E-state index in [0.717, 1.165) is 6.54 Å². The summed E-state index contributed by atoms with van der Waals surface area (Å²) in [6, 6.07) is 4.83. The fourth-order valence-electron chi connectivity index (χ4n) is 1.69. The van der Waals surface area contributed by atoms with Crippen molar-refractivity contribution in [3.8, 4) is 0 Å². The van der Waals surface area contributed by atoms with Gasteiger partial charge >= 0.3 is 0 Å². The van der Waals surface area contributed by atoms with Gasteiger partial charge in [0.05, 0.1) is 8.93 Å². The van der Waals surface area contributed by atoms with Gasteiger partial charge in [-0.05, 0) is 75.1 Å². The van der Waals surface area contributed by atoms with Crippen molar-refractivity contribution in [1.82, 2.24) is 5.32 Å². The second-order valence-electron chi connectivity index (χ2n) is 3.73. The highest BCUT2D eigenvalue weighted by atomic mass is 127. The number of thiophene rings is 2. The Morgan fingerprint density at radius 1 is 1.47 bits per heavy atom. The number of halogens is 2. The van der Waals surface area contributed by atoms with Gasteiger partial charge in [-0.2, -0.15) is 0 Å². The van der Waals surface area contributed by atoms with Crippen LogP contribution in [0.25, 0.3) is 0 Å². The average Bonchev–Trinajstić information content (AvgIpc) is 2.83. The van der Waals surface area contributed by atoms with E-state index in [4.69, 9.17) is 0 Å². The predicted molar refractivity (Wildman–Crippen MR) is 89.3 cm³/mol. The number of aryl methyl sites for hydroxylation is 1. The molecule has 0 saturated heterocycles. The normalized spacial score (nSPS) is 12.9. The van der Waals surface area contributed by atoms with Crippen LogP contribution in [0.1, 0.15) is 28.3 Å². The van der Waals surface area contributed by atoms with E-state index >= 15 is 0 Å². The first-order chi connectivity index (χ1) is 8.11. The van der Waals surface area contributed by atoms with Crippen molar-refractivity contribution in [2.75, 3.05) is 6.54 Å². The molecule has 1 N–H and O–H groups in total. The Morgan fingerprint density at radius 2 is 2.24 bits per heavy atom. The summed E-state index contributed by atoms with van der Waals surface area (Å²) in [6.07, 6.45) is 0. The minimum absolute atomic E-state index is 0.328. The zero-order chi connectivity index (χ0) is 12.4. The Bertz CT molecular complexity index is 487. The largest absolute Gasteiger partial charge is 0.306 e. The van der Waals surface area contributed by atoms with Crippen LogP contribution < -0.4 is 5.32 Å². The Hall–Kier alpha value is 0.570. The molecule has 0 spiro atoms. The molecule has 5 heteroatoms. The summed E-state index contributed by atoms with van der Waals surface area (Å²) >= 11 is 9.64. The van der Waals surface area contributed by atoms with Crippen molar-refractivity contribution in [2.24, 2.45) is 0 Å². The lowest BCUT2D eigenvalue weighted by molar-refractivity contribution is 0.641. The van der Waals surface area contributed by atoms with Crippen LogP contribution in [0.3, 0.4) is 0 Å². The van der Waals surface area contributed by atoms with Crippen molar-refractivity contribution in [3.63, 3.8) is 0 Å². The first-order valence-corrected chi connectivity index (χ1v) is 8.91. The van der Waals surface area contributed by atoms with Crippen LogP contribution in [0, 0.1) is 9.81 Å². The minimum Gasteiger partial charge on any atom is -0.306 e. The molecule has 0 amide bonds. The molecular weight excluding hydrogens is 429 g/mol. The smallest absolute Gasteiger partial charge is 0.0679 e. The molecule has 0 saturated carbocycles. The van der Waals surface area contributed by atoms with Crippen molar-refractivity contribution < 1.29 is 0 Å². The number of nitrogens with one attached hydrogen (secondary N) is 1. The fraction of sp³-hybridized carbons (Fsp3) is 0.333. The highest BCUT2D eigenvalue weighted by molar-refractivity contribution is 14.1. The highest BCUT2D eigenvalue weighted by Crippen LogP contribution is 2.35. The van der Waals surface area contributed by atoms with Crippen LogP contribution in [-0.2, 0) is 0 Å². The fourth-order valence-corrected chi connectivity index (χ4v) is 4.75. The van der Waals surface area contributed by atoms with Gasteiger partial charge in [0, 0.05) is 14.2 Å². The molecule has 2 rings (SSSR count). The maximum atomic E-state index is 3.60. The molecule has 17 heavy (non-hydrogen) atoms. The number of rotatable bonds is 4. The lowest BCUT2D eigenvalue weighted by Crippen LogP contribution is -2.20. The maximum Gasteiger partial charge on any atom is 0.0679 e. The molecule has 0 aliphatic carbocycles. The van der Waals surface area contributed by atoms with Crippen molar-refractivity contribution >= 4 is 61.2 Å². The second kappa shape index (κ2) is 6.14. The van der Waals surface area contributed by atoms with Crippen LogP contribution in [0.2, 0.25) is 0 Å². The SMILES string of the molecule is CCNC(c1csc(I)c1)c1cc(Br)c(C)s1. The first kappa shape index (κ1) is 14.0. The van der Waals surface area contributed by atoms with Gasteiger partial charge in [0.15, 0.2) is 0 Å². The summed E-state index contributed by atoms with van der Waals surface area (Å²) in [5.74, 6) is 0. The van der Waals surface area contributed by atoms with Crippen molar-refractivity contribution in [3.05, 3.63) is 40.2 Å². The monoisotopic (exact) mass is 441 g/mol. The van der Waals surface area contributed by atoms with Gasteiger partial charge in [-0.15, -0.1) is 22.7 Å². The molecule has 1 nitrogen and oxygen atoms in total. The molecule has 0 aliphatic heterocycles. The average molecular weight is 442 g/mol. The topological polar surface area (TPSA) is 12.0 Å². The molecule has 1 atom stereocenters. The van der Waals surface area contributed by atoms with Crippen LogP contribution in [0.4, 0.5) is 0 Å². The molecule has 0 fully saturated rings. The van der Waals surface area contributed by atoms with Gasteiger partial charge in [-0.25, -0.2) is 0 Å². The molecule has 1 unspecified atom stereocenters. The van der Waals surface area contributed by atoms with E-state index in [1.807, 2.05) is 11.3 Å². The number of hydrogen-bond acceptors (Lipinski definition) is 3. The van der Waals surface area contributed by atoms with Crippen LogP contribution >= 0.6 is 61.2 Å². The Labute approximate surface area is 132 Å². The third kappa shape index (κ3) is 3.32. The summed E-state index contributed by atoms with van der Waals surface area (Å²) in [4.78, 5) is 2.72. The Kier molecular flexibility index (Phi) is 5.06. The Balaban J connectivity index is 2.34. The van der Waals surface area contributed by atoms with Crippen molar-refractivity contribution in [1.29, 1.82) is 0 Å². The van der Waals surface area contributed by atoms with Crippen LogP contribution in [0.5, 0.6) is 0 Å². The van der Waals surface area contributed by atoms with Gasteiger partial charge in [-0.1, -0.05) is 6.92 Å². The van der Waals surface area contributed by atoms with E-state index in [9.17, 15) is 0 Å². The summed E-state index contributed by atoms with van der Waals surface area (Å²) in [5.41, 5.74) is 1.37. The number of hydrogen-bond donors (Lipinski definition) is 1. The lowest BCUT2D eigenvalue weighted by atomic mass is 10.1. The van der Waals surface area contributed by atoms with Gasteiger partial charge in [0.2, 0.25) is 0 Å². The van der Waals surface area contributed by atoms with E-state index in [1.165, 1.54) is 22.7 Å². The summed E-state index contributed by atoms with van der Waals surface area (Å²) in [7, 11) is 0. The predicted octanol–water partition coefficient (Wildman–Crippen LogP) is 5.18.